The number of nitrogens with one attached hydrogen (secondary N) is 2. The number of hydrogen-bond acceptors (Lipinski definition) is 3. The number of para-hydroxylation sites is 1. The van der Waals surface area contributed by atoms with Gasteiger partial charge < -0.3 is 15.4 Å². The largest absolute Gasteiger partial charge is 0.493 e. The second-order valence-electron chi connectivity index (χ2n) is 6.50. The van der Waals surface area contributed by atoms with Gasteiger partial charge in [0.1, 0.15) is 5.75 Å². The molecule has 0 fully saturated rings. The van der Waals surface area contributed by atoms with Crippen molar-refractivity contribution in [2.24, 2.45) is 0 Å². The topological polar surface area (TPSA) is 67.4 Å². The summed E-state index contributed by atoms with van der Waals surface area (Å²) in [5, 5.41) is 4.94. The summed E-state index contributed by atoms with van der Waals surface area (Å²) in [6, 6.07) is 7.39. The molecular formula is C21H23F3N2O3. The molecule has 0 bridgehead atoms. The molecular weight excluding hydrogens is 385 g/mol. The second-order valence-corrected chi connectivity index (χ2v) is 6.50. The van der Waals surface area contributed by atoms with E-state index in [0.29, 0.717) is 19.1 Å². The van der Waals surface area contributed by atoms with Crippen molar-refractivity contribution in [1.29, 1.82) is 0 Å². The van der Waals surface area contributed by atoms with Gasteiger partial charge in [0.05, 0.1) is 12.2 Å². The van der Waals surface area contributed by atoms with Crippen LogP contribution in [0.15, 0.2) is 30.3 Å². The Kier molecular flexibility index (Phi) is 8.06. The standard InChI is InChI=1S/C21H23F3N2O3/c1-13-5-3-6-14(2)20(13)29-12-4-7-17(27)25-10-11-26-21(28)15-8-9-16(22)19(24)18(15)23/h3,5-6,8-9H,4,7,10-12H2,1-2H3,(H,25,27)(H,26,28). The van der Waals surface area contributed by atoms with Crippen molar-refractivity contribution in [1.82, 2.24) is 10.6 Å². The van der Waals surface area contributed by atoms with E-state index in [1.807, 2.05) is 32.0 Å². The number of carbonyl (C=O) groups is 2. The fourth-order valence-electron chi connectivity index (χ4n) is 2.70. The molecule has 0 aliphatic rings. The van der Waals surface area contributed by atoms with Crippen LogP contribution in [0.2, 0.25) is 0 Å². The minimum absolute atomic E-state index is 0.0158. The van der Waals surface area contributed by atoms with Crippen molar-refractivity contribution in [2.45, 2.75) is 26.7 Å². The third-order valence-corrected chi connectivity index (χ3v) is 4.22. The van der Waals surface area contributed by atoms with Crippen molar-refractivity contribution < 1.29 is 27.5 Å². The molecule has 0 aliphatic carbocycles. The predicted molar refractivity (Wildman–Crippen MR) is 102 cm³/mol. The summed E-state index contributed by atoms with van der Waals surface area (Å²) >= 11 is 0. The van der Waals surface area contributed by atoms with E-state index >= 15 is 0 Å². The van der Waals surface area contributed by atoms with E-state index < -0.39 is 28.9 Å². The average Bonchev–Trinajstić information content (AvgIpc) is 2.68. The van der Waals surface area contributed by atoms with Gasteiger partial charge in [-0.25, -0.2) is 13.2 Å². The maximum absolute atomic E-state index is 13.5. The van der Waals surface area contributed by atoms with Gasteiger partial charge in [-0.15, -0.1) is 0 Å². The quantitative estimate of drug-likeness (QED) is 0.494. The van der Waals surface area contributed by atoms with E-state index in [0.717, 1.165) is 22.9 Å². The third-order valence-electron chi connectivity index (χ3n) is 4.22. The van der Waals surface area contributed by atoms with Crippen LogP contribution in [0.3, 0.4) is 0 Å². The van der Waals surface area contributed by atoms with Crippen molar-refractivity contribution in [3.8, 4) is 5.75 Å². The Morgan fingerprint density at radius 2 is 1.59 bits per heavy atom. The van der Waals surface area contributed by atoms with Crippen LogP contribution in [0.1, 0.15) is 34.3 Å². The number of rotatable bonds is 9. The van der Waals surface area contributed by atoms with E-state index in [4.69, 9.17) is 4.74 Å². The molecule has 5 nitrogen and oxygen atoms in total. The second kappa shape index (κ2) is 10.5. The van der Waals surface area contributed by atoms with Crippen molar-refractivity contribution in [3.05, 3.63) is 64.5 Å². The zero-order chi connectivity index (χ0) is 21.4. The van der Waals surface area contributed by atoms with E-state index in [1.54, 1.807) is 0 Å². The number of ether oxygens (including phenoxy) is 1. The molecule has 2 aromatic carbocycles. The lowest BCUT2D eigenvalue weighted by molar-refractivity contribution is -0.121. The summed E-state index contributed by atoms with van der Waals surface area (Å²) in [5.41, 5.74) is 1.46. The highest BCUT2D eigenvalue weighted by atomic mass is 19.2. The Morgan fingerprint density at radius 1 is 0.931 bits per heavy atom. The summed E-state index contributed by atoms with van der Waals surface area (Å²) in [7, 11) is 0. The van der Waals surface area contributed by atoms with E-state index in [1.165, 1.54) is 0 Å². The van der Waals surface area contributed by atoms with Gasteiger partial charge in [-0.05, 0) is 43.5 Å². The molecule has 2 aromatic rings. The molecule has 0 aromatic heterocycles. The zero-order valence-electron chi connectivity index (χ0n) is 16.3. The molecule has 0 aliphatic heterocycles. The molecule has 0 atom stereocenters. The highest BCUT2D eigenvalue weighted by Gasteiger charge is 2.18. The van der Waals surface area contributed by atoms with Crippen LogP contribution in [-0.2, 0) is 4.79 Å². The number of aryl methyl sites for hydroxylation is 2. The number of hydrogen-bond donors (Lipinski definition) is 2. The maximum Gasteiger partial charge on any atom is 0.254 e. The molecule has 156 valence electrons. The van der Waals surface area contributed by atoms with Gasteiger partial charge in [0.25, 0.3) is 5.91 Å². The first-order valence-corrected chi connectivity index (χ1v) is 9.18. The molecule has 2 amide bonds. The third kappa shape index (κ3) is 6.23. The van der Waals surface area contributed by atoms with Gasteiger partial charge in [0.2, 0.25) is 5.91 Å². The fraction of sp³-hybridized carbons (Fsp3) is 0.333. The van der Waals surface area contributed by atoms with Crippen molar-refractivity contribution >= 4 is 11.8 Å². The molecule has 0 saturated heterocycles. The first-order valence-electron chi connectivity index (χ1n) is 9.18. The molecule has 0 radical (unpaired) electrons. The summed E-state index contributed by atoms with van der Waals surface area (Å²) < 4.78 is 45.3. The SMILES string of the molecule is Cc1cccc(C)c1OCCCC(=O)NCCNC(=O)c1ccc(F)c(F)c1F. The van der Waals surface area contributed by atoms with E-state index in [2.05, 4.69) is 10.6 Å². The van der Waals surface area contributed by atoms with Crippen LogP contribution in [0.5, 0.6) is 5.75 Å². The lowest BCUT2D eigenvalue weighted by atomic mass is 10.1. The smallest absolute Gasteiger partial charge is 0.254 e. The van der Waals surface area contributed by atoms with Crippen molar-refractivity contribution in [3.63, 3.8) is 0 Å². The van der Waals surface area contributed by atoms with Gasteiger partial charge in [-0.3, -0.25) is 9.59 Å². The van der Waals surface area contributed by atoms with Crippen LogP contribution in [0, 0.1) is 31.3 Å². The van der Waals surface area contributed by atoms with Crippen LogP contribution in [0.4, 0.5) is 13.2 Å². The Morgan fingerprint density at radius 3 is 2.28 bits per heavy atom. The normalized spacial score (nSPS) is 10.5. The number of carbonyl (C=O) groups excluding carboxylic acids is 2. The van der Waals surface area contributed by atoms with Gasteiger partial charge in [-0.2, -0.15) is 0 Å². The first kappa shape index (κ1) is 22.3. The number of amides is 2. The molecule has 29 heavy (non-hydrogen) atoms. The monoisotopic (exact) mass is 408 g/mol. The Bertz CT molecular complexity index is 867. The van der Waals surface area contributed by atoms with Gasteiger partial charge in [0.15, 0.2) is 17.5 Å². The van der Waals surface area contributed by atoms with E-state index in [9.17, 15) is 22.8 Å². The first-order chi connectivity index (χ1) is 13.8. The average molecular weight is 408 g/mol. The summed E-state index contributed by atoms with van der Waals surface area (Å²) in [4.78, 5) is 23.6. The van der Waals surface area contributed by atoms with Crippen molar-refractivity contribution in [2.75, 3.05) is 19.7 Å². The van der Waals surface area contributed by atoms with Crippen LogP contribution < -0.4 is 15.4 Å². The molecule has 2 N–H and O–H groups in total. The Labute approximate surface area is 167 Å². The number of benzene rings is 2. The lowest BCUT2D eigenvalue weighted by Gasteiger charge is -2.12. The van der Waals surface area contributed by atoms with E-state index in [-0.39, 0.29) is 25.4 Å². The summed E-state index contributed by atoms with van der Waals surface area (Å²) in [5.74, 6) is -4.90. The lowest BCUT2D eigenvalue weighted by Crippen LogP contribution is -2.35. The fourth-order valence-corrected chi connectivity index (χ4v) is 2.70. The minimum Gasteiger partial charge on any atom is -0.493 e. The molecule has 0 saturated carbocycles. The minimum atomic E-state index is -1.70. The predicted octanol–water partition coefficient (Wildman–Crippen LogP) is 3.43. The molecule has 2 rings (SSSR count). The van der Waals surface area contributed by atoms with Crippen LogP contribution in [0.25, 0.3) is 0 Å². The molecule has 0 unspecified atom stereocenters. The summed E-state index contributed by atoms with van der Waals surface area (Å²) in [6.45, 7) is 4.44. The van der Waals surface area contributed by atoms with Crippen LogP contribution in [-0.4, -0.2) is 31.5 Å². The highest BCUT2D eigenvalue weighted by molar-refractivity contribution is 5.94. The molecule has 8 heteroatoms. The number of halogens is 3. The Hall–Kier alpha value is -3.03. The summed E-state index contributed by atoms with van der Waals surface area (Å²) in [6.07, 6.45) is 0.767. The van der Waals surface area contributed by atoms with Crippen LogP contribution >= 0.6 is 0 Å². The highest BCUT2D eigenvalue weighted by Crippen LogP contribution is 2.22. The molecule has 0 heterocycles. The van der Waals surface area contributed by atoms with Gasteiger partial charge in [-0.1, -0.05) is 18.2 Å². The maximum atomic E-state index is 13.5. The Balaban J connectivity index is 1.65. The zero-order valence-corrected chi connectivity index (χ0v) is 16.3. The van der Waals surface area contributed by atoms with Gasteiger partial charge in [0, 0.05) is 19.5 Å². The van der Waals surface area contributed by atoms with Gasteiger partial charge >= 0.3 is 0 Å². The molecule has 0 spiro atoms.